The van der Waals surface area contributed by atoms with Crippen LogP contribution in [0.1, 0.15) is 12.8 Å². The predicted octanol–water partition coefficient (Wildman–Crippen LogP) is 1.23. The molecule has 0 N–H and O–H groups in total. The normalized spacial score (nSPS) is 14.7. The van der Waals surface area contributed by atoms with E-state index in [2.05, 4.69) is 9.97 Å². The van der Waals surface area contributed by atoms with Crippen molar-refractivity contribution in [3.63, 3.8) is 0 Å². The smallest absolute Gasteiger partial charge is 0.280 e. The molecule has 0 atom stereocenters. The van der Waals surface area contributed by atoms with Crippen LogP contribution in [0.2, 0.25) is 0 Å². The van der Waals surface area contributed by atoms with Crippen molar-refractivity contribution in [1.82, 2.24) is 14.5 Å². The number of fused-ring (bicyclic) bond motifs is 1. The van der Waals surface area contributed by atoms with Crippen LogP contribution in [-0.4, -0.2) is 34.9 Å². The van der Waals surface area contributed by atoms with Crippen LogP contribution in [0.5, 0.6) is 5.88 Å². The van der Waals surface area contributed by atoms with Gasteiger partial charge >= 0.3 is 0 Å². The lowest BCUT2D eigenvalue weighted by molar-refractivity contribution is 0.186. The van der Waals surface area contributed by atoms with Crippen molar-refractivity contribution in [2.75, 3.05) is 20.3 Å². The maximum absolute atomic E-state index is 12.3. The van der Waals surface area contributed by atoms with Gasteiger partial charge in [0.25, 0.3) is 5.56 Å². The molecule has 106 valence electrons. The van der Waals surface area contributed by atoms with Gasteiger partial charge in [0.05, 0.1) is 31.6 Å². The molecule has 0 aliphatic heterocycles. The molecule has 0 unspecified atom stereocenters. The largest absolute Gasteiger partial charge is 0.477 e. The van der Waals surface area contributed by atoms with E-state index in [-0.39, 0.29) is 5.56 Å². The van der Waals surface area contributed by atoms with Gasteiger partial charge in [-0.05, 0) is 24.8 Å². The minimum absolute atomic E-state index is 0.163. The van der Waals surface area contributed by atoms with Crippen molar-refractivity contribution in [3.05, 3.63) is 28.8 Å². The van der Waals surface area contributed by atoms with E-state index in [9.17, 15) is 4.79 Å². The number of ether oxygens (including phenoxy) is 2. The Morgan fingerprint density at radius 1 is 1.40 bits per heavy atom. The number of rotatable bonds is 6. The van der Waals surface area contributed by atoms with Crippen molar-refractivity contribution in [2.24, 2.45) is 5.92 Å². The molecule has 1 aliphatic rings. The number of aromatic nitrogens is 3. The molecule has 6 nitrogen and oxygen atoms in total. The van der Waals surface area contributed by atoms with Crippen LogP contribution >= 0.6 is 0 Å². The molecule has 2 aromatic heterocycles. The molecule has 0 radical (unpaired) electrons. The summed E-state index contributed by atoms with van der Waals surface area (Å²) < 4.78 is 12.1. The molecular formula is C14H17N3O3. The molecule has 0 bridgehead atoms. The minimum Gasteiger partial charge on any atom is -0.477 e. The van der Waals surface area contributed by atoms with Gasteiger partial charge < -0.3 is 9.47 Å². The van der Waals surface area contributed by atoms with Crippen LogP contribution in [0, 0.1) is 5.92 Å². The van der Waals surface area contributed by atoms with E-state index < -0.39 is 0 Å². The van der Waals surface area contributed by atoms with Crippen molar-refractivity contribution in [3.8, 4) is 5.88 Å². The fourth-order valence-electron chi connectivity index (χ4n) is 1.93. The second-order valence-corrected chi connectivity index (χ2v) is 5.01. The molecule has 3 rings (SSSR count). The zero-order valence-corrected chi connectivity index (χ0v) is 11.4. The molecule has 0 amide bonds. The molecule has 0 aromatic carbocycles. The van der Waals surface area contributed by atoms with Crippen LogP contribution in [-0.2, 0) is 11.3 Å². The zero-order valence-electron chi connectivity index (χ0n) is 11.4. The monoisotopic (exact) mass is 275 g/mol. The van der Waals surface area contributed by atoms with Gasteiger partial charge in [0.2, 0.25) is 5.88 Å². The first-order chi connectivity index (χ1) is 9.78. The summed E-state index contributed by atoms with van der Waals surface area (Å²) in [7, 11) is 1.60. The Balaban J connectivity index is 1.88. The van der Waals surface area contributed by atoms with E-state index in [4.69, 9.17) is 9.47 Å². The second-order valence-electron chi connectivity index (χ2n) is 5.01. The van der Waals surface area contributed by atoms with Gasteiger partial charge in [0, 0.05) is 13.2 Å². The van der Waals surface area contributed by atoms with Crippen LogP contribution in [0.3, 0.4) is 0 Å². The first-order valence-corrected chi connectivity index (χ1v) is 6.76. The summed E-state index contributed by atoms with van der Waals surface area (Å²) >= 11 is 0. The summed E-state index contributed by atoms with van der Waals surface area (Å²) in [5.74, 6) is 1.15. The summed E-state index contributed by atoms with van der Waals surface area (Å²) in [5.41, 5.74) is 0.767. The van der Waals surface area contributed by atoms with Gasteiger partial charge in [0.15, 0.2) is 5.52 Å². The third-order valence-corrected chi connectivity index (χ3v) is 3.35. The second kappa shape index (κ2) is 5.58. The van der Waals surface area contributed by atoms with Crippen molar-refractivity contribution in [1.29, 1.82) is 0 Å². The Hall–Kier alpha value is -1.95. The van der Waals surface area contributed by atoms with E-state index >= 15 is 0 Å². The molecule has 2 heterocycles. The average Bonchev–Trinajstić information content (AvgIpc) is 3.29. The molecule has 6 heteroatoms. The minimum atomic E-state index is -0.163. The first-order valence-electron chi connectivity index (χ1n) is 6.76. The van der Waals surface area contributed by atoms with Crippen LogP contribution in [0.15, 0.2) is 23.3 Å². The molecule has 0 spiro atoms. The highest BCUT2D eigenvalue weighted by molar-refractivity contribution is 5.73. The van der Waals surface area contributed by atoms with Gasteiger partial charge in [-0.15, -0.1) is 0 Å². The Morgan fingerprint density at radius 2 is 2.25 bits per heavy atom. The van der Waals surface area contributed by atoms with Gasteiger partial charge in [-0.3, -0.25) is 9.36 Å². The summed E-state index contributed by atoms with van der Waals surface area (Å²) in [6.07, 6.45) is 3.97. The lowest BCUT2D eigenvalue weighted by Gasteiger charge is -2.07. The van der Waals surface area contributed by atoms with Crippen molar-refractivity contribution in [2.45, 2.75) is 19.4 Å². The SMILES string of the molecule is COCCn1cnc2ccc(OCC3CC3)nc2c1=O. The van der Waals surface area contributed by atoms with Crippen LogP contribution < -0.4 is 10.3 Å². The third kappa shape index (κ3) is 2.80. The van der Waals surface area contributed by atoms with Gasteiger partial charge in [0.1, 0.15) is 0 Å². The summed E-state index contributed by atoms with van der Waals surface area (Å²) in [4.78, 5) is 20.8. The number of pyridine rings is 1. The topological polar surface area (TPSA) is 66.2 Å². The number of hydrogen-bond donors (Lipinski definition) is 0. The quantitative estimate of drug-likeness (QED) is 0.793. The highest BCUT2D eigenvalue weighted by Crippen LogP contribution is 2.29. The average molecular weight is 275 g/mol. The Kier molecular flexibility index (Phi) is 3.64. The Bertz CT molecular complexity index is 664. The summed E-state index contributed by atoms with van der Waals surface area (Å²) in [6.45, 7) is 1.61. The lowest BCUT2D eigenvalue weighted by Crippen LogP contribution is -2.23. The van der Waals surface area contributed by atoms with E-state index in [0.717, 1.165) is 0 Å². The number of methoxy groups -OCH3 is 1. The summed E-state index contributed by atoms with van der Waals surface area (Å²) in [5, 5.41) is 0. The lowest BCUT2D eigenvalue weighted by atomic mass is 10.3. The molecule has 20 heavy (non-hydrogen) atoms. The van der Waals surface area contributed by atoms with E-state index in [1.165, 1.54) is 23.7 Å². The highest BCUT2D eigenvalue weighted by Gasteiger charge is 2.22. The Labute approximate surface area is 116 Å². The number of hydrogen-bond acceptors (Lipinski definition) is 5. The fraction of sp³-hybridized carbons (Fsp3) is 0.500. The molecule has 0 saturated heterocycles. The number of nitrogens with zero attached hydrogens (tertiary/aromatic N) is 3. The highest BCUT2D eigenvalue weighted by atomic mass is 16.5. The standard InChI is InChI=1S/C14H17N3O3/c1-19-7-6-17-9-15-11-4-5-12(16-13(11)14(17)18)20-8-10-2-3-10/h4-5,9-10H,2-3,6-8H2,1H3. The molecule has 1 aliphatic carbocycles. The van der Waals surface area contributed by atoms with Crippen molar-refractivity contribution < 1.29 is 9.47 Å². The van der Waals surface area contributed by atoms with E-state index in [1.807, 2.05) is 0 Å². The molecule has 1 fully saturated rings. The third-order valence-electron chi connectivity index (χ3n) is 3.35. The van der Waals surface area contributed by atoms with Gasteiger partial charge in [-0.25, -0.2) is 9.97 Å². The maximum atomic E-state index is 12.3. The zero-order chi connectivity index (χ0) is 13.9. The molecular weight excluding hydrogens is 258 g/mol. The maximum Gasteiger partial charge on any atom is 0.280 e. The van der Waals surface area contributed by atoms with Crippen molar-refractivity contribution >= 4 is 11.0 Å². The van der Waals surface area contributed by atoms with E-state index in [0.29, 0.717) is 42.6 Å². The van der Waals surface area contributed by atoms with Gasteiger partial charge in [-0.1, -0.05) is 0 Å². The molecule has 1 saturated carbocycles. The first kappa shape index (κ1) is 13.1. The van der Waals surface area contributed by atoms with E-state index in [1.54, 1.807) is 19.2 Å². The summed E-state index contributed by atoms with van der Waals surface area (Å²) in [6, 6.07) is 3.53. The Morgan fingerprint density at radius 3 is 3.00 bits per heavy atom. The predicted molar refractivity (Wildman–Crippen MR) is 73.9 cm³/mol. The van der Waals surface area contributed by atoms with Crippen LogP contribution in [0.4, 0.5) is 0 Å². The molecule has 2 aromatic rings. The van der Waals surface area contributed by atoms with Gasteiger partial charge in [-0.2, -0.15) is 0 Å². The fourth-order valence-corrected chi connectivity index (χ4v) is 1.93. The van der Waals surface area contributed by atoms with Crippen LogP contribution in [0.25, 0.3) is 11.0 Å².